The van der Waals surface area contributed by atoms with E-state index in [1.165, 1.54) is 0 Å². The van der Waals surface area contributed by atoms with Gasteiger partial charge in [-0.25, -0.2) is 9.48 Å². The van der Waals surface area contributed by atoms with E-state index in [1.54, 1.807) is 26.4 Å². The molecule has 8 nitrogen and oxygen atoms in total. The summed E-state index contributed by atoms with van der Waals surface area (Å²) in [6, 6.07) is 27.5. The van der Waals surface area contributed by atoms with Gasteiger partial charge in [-0.05, 0) is 55.3 Å². The number of aromatic nitrogens is 3. The van der Waals surface area contributed by atoms with Crippen LogP contribution in [0.3, 0.4) is 0 Å². The van der Waals surface area contributed by atoms with Crippen molar-refractivity contribution < 1.29 is 14.3 Å². The molecule has 0 saturated carbocycles. The summed E-state index contributed by atoms with van der Waals surface area (Å²) in [4.78, 5) is 16.1. The predicted molar refractivity (Wildman–Crippen MR) is 159 cm³/mol. The Morgan fingerprint density at radius 1 is 0.951 bits per heavy atom. The Morgan fingerprint density at radius 3 is 2.41 bits per heavy atom. The van der Waals surface area contributed by atoms with Gasteiger partial charge in [-0.3, -0.25) is 0 Å². The Kier molecular flexibility index (Phi) is 6.97. The molecular formula is C33H33N5O3. The number of aryl methyl sites for hydroxylation is 2. The van der Waals surface area contributed by atoms with Crippen LogP contribution in [0.25, 0.3) is 11.5 Å². The zero-order valence-corrected chi connectivity index (χ0v) is 23.7. The summed E-state index contributed by atoms with van der Waals surface area (Å²) in [5, 5.41) is 8.16. The van der Waals surface area contributed by atoms with Gasteiger partial charge in [0.1, 0.15) is 5.82 Å². The maximum absolute atomic E-state index is 14.2. The highest BCUT2D eigenvalue weighted by Gasteiger charge is 2.36. The number of rotatable bonds is 6. The Bertz CT molecular complexity index is 1690. The van der Waals surface area contributed by atoms with Crippen molar-refractivity contribution in [2.24, 2.45) is 0 Å². The summed E-state index contributed by atoms with van der Waals surface area (Å²) < 4.78 is 15.0. The normalized spacial score (nSPS) is 14.1. The van der Waals surface area contributed by atoms with Gasteiger partial charge in [0.15, 0.2) is 11.5 Å². The minimum Gasteiger partial charge on any atom is -0.493 e. The van der Waals surface area contributed by atoms with E-state index in [1.807, 2.05) is 39.9 Å². The van der Waals surface area contributed by atoms with Gasteiger partial charge in [0.05, 0.1) is 43.9 Å². The maximum atomic E-state index is 14.2. The molecule has 1 atom stereocenters. The highest BCUT2D eigenvalue weighted by Crippen LogP contribution is 2.39. The number of carbonyl (C=O) groups is 1. The predicted octanol–water partition coefficient (Wildman–Crippen LogP) is 6.69. The van der Waals surface area contributed by atoms with Crippen molar-refractivity contribution in [3.8, 4) is 23.0 Å². The molecule has 0 bridgehead atoms. The molecule has 1 unspecified atom stereocenters. The number of fused-ring (bicyclic) bond motifs is 3. The van der Waals surface area contributed by atoms with Gasteiger partial charge >= 0.3 is 6.03 Å². The number of carbonyl (C=O) groups excluding carboxylic acids is 1. The molecule has 2 aromatic heterocycles. The molecule has 0 radical (unpaired) electrons. The van der Waals surface area contributed by atoms with E-state index in [4.69, 9.17) is 14.6 Å². The molecule has 2 amide bonds. The van der Waals surface area contributed by atoms with Gasteiger partial charge in [0.25, 0.3) is 0 Å². The average Bonchev–Trinajstić information content (AvgIpc) is 3.59. The third-order valence-corrected chi connectivity index (χ3v) is 7.59. The van der Waals surface area contributed by atoms with E-state index in [-0.39, 0.29) is 12.1 Å². The lowest BCUT2D eigenvalue weighted by Gasteiger charge is -2.31. The Balaban J connectivity index is 1.51. The molecule has 6 rings (SSSR count). The second kappa shape index (κ2) is 10.9. The summed E-state index contributed by atoms with van der Waals surface area (Å²) in [5.74, 6) is 2.09. The fourth-order valence-corrected chi connectivity index (χ4v) is 5.56. The molecular weight excluding hydrogens is 514 g/mol. The number of nitrogens with zero attached hydrogens (tertiary/aromatic N) is 4. The number of anilines is 1. The van der Waals surface area contributed by atoms with Crippen LogP contribution in [-0.4, -0.2) is 39.5 Å². The minimum atomic E-state index is -0.341. The van der Waals surface area contributed by atoms with Crippen LogP contribution in [0.5, 0.6) is 11.5 Å². The van der Waals surface area contributed by atoms with Crippen LogP contribution in [0.4, 0.5) is 10.5 Å². The molecule has 41 heavy (non-hydrogen) atoms. The van der Waals surface area contributed by atoms with Crippen molar-refractivity contribution in [2.45, 2.75) is 32.9 Å². The molecule has 0 spiro atoms. The Morgan fingerprint density at radius 2 is 1.71 bits per heavy atom. The summed E-state index contributed by atoms with van der Waals surface area (Å²) in [7, 11) is 3.17. The summed E-state index contributed by atoms with van der Waals surface area (Å²) in [5.41, 5.74) is 6.73. The van der Waals surface area contributed by atoms with E-state index in [9.17, 15) is 4.79 Å². The lowest BCUT2D eigenvalue weighted by molar-refractivity contribution is 0.194. The first kappa shape index (κ1) is 26.3. The van der Waals surface area contributed by atoms with Crippen LogP contribution < -0.4 is 14.8 Å². The largest absolute Gasteiger partial charge is 0.493 e. The molecule has 1 aliphatic heterocycles. The number of hydrogen-bond acceptors (Lipinski definition) is 4. The standard InChI is InChI=1S/C33H33N5O3/c1-5-27-26-21-37(33(39)34-24-17-18-29(40-3)30(20-24)41-4)31(23-15-13-22(2)14-16-23)28-12-9-19-36(28)32(26)38(35-27)25-10-7-6-8-11-25/h6-20,31H,5,21H2,1-4H3,(H,34,39). The maximum Gasteiger partial charge on any atom is 0.322 e. The van der Waals surface area contributed by atoms with Crippen LogP contribution >= 0.6 is 0 Å². The van der Waals surface area contributed by atoms with Crippen LogP contribution in [-0.2, 0) is 13.0 Å². The third-order valence-electron chi connectivity index (χ3n) is 7.59. The Hall–Kier alpha value is -4.98. The van der Waals surface area contributed by atoms with Gasteiger partial charge in [-0.15, -0.1) is 0 Å². The Labute approximate surface area is 239 Å². The van der Waals surface area contributed by atoms with E-state index >= 15 is 0 Å². The smallest absolute Gasteiger partial charge is 0.322 e. The molecule has 8 heteroatoms. The molecule has 208 valence electrons. The van der Waals surface area contributed by atoms with Crippen LogP contribution in [0.15, 0.2) is 91.1 Å². The van der Waals surface area contributed by atoms with E-state index in [2.05, 4.69) is 72.4 Å². The fraction of sp³-hybridized carbons (Fsp3) is 0.212. The first-order valence-corrected chi connectivity index (χ1v) is 13.7. The summed E-state index contributed by atoms with van der Waals surface area (Å²) in [6.45, 7) is 4.55. The molecule has 0 fully saturated rings. The lowest BCUT2D eigenvalue weighted by atomic mass is 10.0. The number of benzene rings is 3. The SMILES string of the molecule is CCc1nn(-c2ccccc2)c2c1CN(C(=O)Nc1ccc(OC)c(OC)c1)C(c1ccc(C)cc1)c1cccn1-2. The average molecular weight is 548 g/mol. The van der Waals surface area contributed by atoms with Crippen molar-refractivity contribution in [1.29, 1.82) is 0 Å². The quantitative estimate of drug-likeness (QED) is 0.257. The molecule has 5 aromatic rings. The number of para-hydroxylation sites is 1. The second-order valence-electron chi connectivity index (χ2n) is 10.1. The lowest BCUT2D eigenvalue weighted by Crippen LogP contribution is -2.38. The number of amides is 2. The highest BCUT2D eigenvalue weighted by molar-refractivity contribution is 5.90. The van der Waals surface area contributed by atoms with Gasteiger partial charge in [-0.1, -0.05) is 55.0 Å². The molecule has 1 aliphatic rings. The van der Waals surface area contributed by atoms with Crippen molar-refractivity contribution in [3.05, 3.63) is 119 Å². The number of hydrogen-bond donors (Lipinski definition) is 1. The monoisotopic (exact) mass is 547 g/mol. The summed E-state index contributed by atoms with van der Waals surface area (Å²) in [6.07, 6.45) is 2.80. The topological polar surface area (TPSA) is 73.6 Å². The van der Waals surface area contributed by atoms with Crippen molar-refractivity contribution in [2.75, 3.05) is 19.5 Å². The van der Waals surface area contributed by atoms with Crippen molar-refractivity contribution in [1.82, 2.24) is 19.2 Å². The molecule has 0 aliphatic carbocycles. The number of ether oxygens (including phenoxy) is 2. The fourth-order valence-electron chi connectivity index (χ4n) is 5.56. The number of urea groups is 1. The summed E-state index contributed by atoms with van der Waals surface area (Å²) >= 11 is 0. The van der Waals surface area contributed by atoms with Crippen molar-refractivity contribution in [3.63, 3.8) is 0 Å². The molecule has 3 heterocycles. The first-order valence-electron chi connectivity index (χ1n) is 13.7. The number of methoxy groups -OCH3 is 2. The molecule has 3 aromatic carbocycles. The van der Waals surface area contributed by atoms with Crippen LogP contribution in [0, 0.1) is 6.92 Å². The molecule has 0 saturated heterocycles. The van der Waals surface area contributed by atoms with Crippen LogP contribution in [0.1, 0.15) is 41.0 Å². The van der Waals surface area contributed by atoms with Gasteiger partial charge in [0.2, 0.25) is 0 Å². The van der Waals surface area contributed by atoms with Crippen LogP contribution in [0.2, 0.25) is 0 Å². The third kappa shape index (κ3) is 4.71. The second-order valence-corrected chi connectivity index (χ2v) is 10.1. The highest BCUT2D eigenvalue weighted by atomic mass is 16.5. The zero-order chi connectivity index (χ0) is 28.5. The van der Waals surface area contributed by atoms with Crippen molar-refractivity contribution >= 4 is 11.7 Å². The van der Waals surface area contributed by atoms with Gasteiger partial charge in [-0.2, -0.15) is 5.10 Å². The van der Waals surface area contributed by atoms with Gasteiger partial charge in [0, 0.05) is 23.5 Å². The minimum absolute atomic E-state index is 0.224. The zero-order valence-electron chi connectivity index (χ0n) is 23.7. The van der Waals surface area contributed by atoms with E-state index in [0.717, 1.165) is 46.0 Å². The number of nitrogens with one attached hydrogen (secondary N) is 1. The molecule has 1 N–H and O–H groups in total. The first-order chi connectivity index (χ1) is 20.0. The van der Waals surface area contributed by atoms with E-state index < -0.39 is 0 Å². The van der Waals surface area contributed by atoms with E-state index in [0.29, 0.717) is 23.7 Å². The van der Waals surface area contributed by atoms with Gasteiger partial charge < -0.3 is 24.3 Å².